The average Bonchev–Trinajstić information content (AvgIpc) is 2.79. The molecule has 32 heavy (non-hydrogen) atoms. The standard InChI is InChI=1S/C22H23ClN6O3/c1-2-17(30)15-11-24-16-6-7-18(23)28-21(16)20(15)26-13-5-8-19(25-10-13)29-9-3-4-14(12-29)27-22(31)32/h5-8,10-11,14,27H,2-4,9,12H2,1H3,(H,24,26)(H,31,32). The molecule has 1 amide bonds. The number of hydrogen-bond acceptors (Lipinski definition) is 7. The van der Waals surface area contributed by atoms with Crippen LogP contribution in [0.3, 0.4) is 0 Å². The molecule has 4 rings (SSSR count). The minimum absolute atomic E-state index is 0.0569. The first-order valence-corrected chi connectivity index (χ1v) is 10.8. The first-order valence-electron chi connectivity index (χ1n) is 10.4. The molecule has 1 aliphatic heterocycles. The molecule has 0 bridgehead atoms. The Morgan fingerprint density at radius 1 is 1.22 bits per heavy atom. The van der Waals surface area contributed by atoms with Gasteiger partial charge in [-0.15, -0.1) is 0 Å². The highest BCUT2D eigenvalue weighted by Gasteiger charge is 2.22. The van der Waals surface area contributed by atoms with Crippen LogP contribution >= 0.6 is 11.6 Å². The fourth-order valence-electron chi connectivity index (χ4n) is 3.84. The number of Topliss-reactive ketones (excluding diaryl/α,β-unsaturated/α-hetero) is 1. The molecular formula is C22H23ClN6O3. The summed E-state index contributed by atoms with van der Waals surface area (Å²) in [6.45, 7) is 3.17. The summed E-state index contributed by atoms with van der Waals surface area (Å²) < 4.78 is 0. The van der Waals surface area contributed by atoms with E-state index < -0.39 is 6.09 Å². The van der Waals surface area contributed by atoms with Crippen molar-refractivity contribution in [2.24, 2.45) is 0 Å². The third kappa shape index (κ3) is 4.72. The Hall–Kier alpha value is -3.46. The summed E-state index contributed by atoms with van der Waals surface area (Å²) in [4.78, 5) is 38.8. The fourth-order valence-corrected chi connectivity index (χ4v) is 3.99. The zero-order valence-electron chi connectivity index (χ0n) is 17.5. The van der Waals surface area contributed by atoms with Crippen molar-refractivity contribution < 1.29 is 14.7 Å². The normalized spacial score (nSPS) is 16.1. The molecule has 0 saturated carbocycles. The van der Waals surface area contributed by atoms with Crippen molar-refractivity contribution in [1.82, 2.24) is 20.3 Å². The third-order valence-electron chi connectivity index (χ3n) is 5.39. The Balaban J connectivity index is 1.60. The Labute approximate surface area is 189 Å². The van der Waals surface area contributed by atoms with Crippen molar-refractivity contribution in [3.63, 3.8) is 0 Å². The van der Waals surface area contributed by atoms with E-state index in [1.807, 2.05) is 12.1 Å². The SMILES string of the molecule is CCC(=O)c1cnc2ccc(Cl)nc2c1Nc1ccc(N2CCCC(NC(=O)O)C2)nc1. The maximum Gasteiger partial charge on any atom is 0.404 e. The van der Waals surface area contributed by atoms with E-state index in [0.29, 0.717) is 46.1 Å². The van der Waals surface area contributed by atoms with Crippen LogP contribution in [-0.2, 0) is 0 Å². The molecule has 4 heterocycles. The van der Waals surface area contributed by atoms with Crippen LogP contribution in [0.5, 0.6) is 0 Å². The third-order valence-corrected chi connectivity index (χ3v) is 5.60. The van der Waals surface area contributed by atoms with E-state index in [0.717, 1.165) is 25.2 Å². The van der Waals surface area contributed by atoms with E-state index in [9.17, 15) is 9.59 Å². The molecule has 0 radical (unpaired) electrons. The number of piperidine rings is 1. The molecule has 9 nitrogen and oxygen atoms in total. The number of nitrogens with one attached hydrogen (secondary N) is 2. The van der Waals surface area contributed by atoms with Gasteiger partial charge in [-0.2, -0.15) is 0 Å². The van der Waals surface area contributed by atoms with Gasteiger partial charge in [-0.25, -0.2) is 14.8 Å². The molecule has 166 valence electrons. The largest absolute Gasteiger partial charge is 0.465 e. The molecule has 0 aliphatic carbocycles. The van der Waals surface area contributed by atoms with Crippen LogP contribution in [0.1, 0.15) is 36.5 Å². The van der Waals surface area contributed by atoms with Crippen molar-refractivity contribution in [3.8, 4) is 0 Å². The number of carboxylic acid groups (broad SMARTS) is 1. The molecule has 1 saturated heterocycles. The number of fused-ring (bicyclic) bond motifs is 1. The predicted octanol–water partition coefficient (Wildman–Crippen LogP) is 4.25. The molecule has 3 aromatic rings. The van der Waals surface area contributed by atoms with E-state index >= 15 is 0 Å². The number of anilines is 3. The van der Waals surface area contributed by atoms with Crippen LogP contribution in [0.15, 0.2) is 36.7 Å². The van der Waals surface area contributed by atoms with E-state index in [-0.39, 0.29) is 11.8 Å². The number of carbonyl (C=O) groups is 2. The first-order chi connectivity index (χ1) is 15.4. The van der Waals surface area contributed by atoms with Gasteiger partial charge in [-0.1, -0.05) is 18.5 Å². The number of carbonyl (C=O) groups excluding carboxylic acids is 1. The second-order valence-electron chi connectivity index (χ2n) is 7.59. The molecule has 0 spiro atoms. The predicted molar refractivity (Wildman–Crippen MR) is 123 cm³/mol. The number of nitrogens with zero attached hydrogens (tertiary/aromatic N) is 4. The maximum atomic E-state index is 12.5. The second kappa shape index (κ2) is 9.35. The van der Waals surface area contributed by atoms with Crippen LogP contribution in [0.2, 0.25) is 5.15 Å². The Morgan fingerprint density at radius 2 is 2.06 bits per heavy atom. The number of hydrogen-bond donors (Lipinski definition) is 3. The number of amides is 1. The van der Waals surface area contributed by atoms with E-state index in [1.54, 1.807) is 31.5 Å². The lowest BCUT2D eigenvalue weighted by molar-refractivity contribution is 0.0988. The minimum Gasteiger partial charge on any atom is -0.465 e. The lowest BCUT2D eigenvalue weighted by atomic mass is 10.1. The quantitative estimate of drug-likeness (QED) is 0.373. The van der Waals surface area contributed by atoms with Crippen LogP contribution in [-0.4, -0.2) is 51.1 Å². The number of halogens is 1. The van der Waals surface area contributed by atoms with Crippen LogP contribution < -0.4 is 15.5 Å². The highest BCUT2D eigenvalue weighted by molar-refractivity contribution is 6.30. The molecule has 3 N–H and O–H groups in total. The van der Waals surface area contributed by atoms with Gasteiger partial charge in [-0.3, -0.25) is 9.78 Å². The van der Waals surface area contributed by atoms with Crippen molar-refractivity contribution >= 4 is 51.7 Å². The van der Waals surface area contributed by atoms with Crippen molar-refractivity contribution in [2.45, 2.75) is 32.2 Å². The van der Waals surface area contributed by atoms with Crippen molar-refractivity contribution in [3.05, 3.63) is 47.4 Å². The highest BCUT2D eigenvalue weighted by Crippen LogP contribution is 2.30. The molecule has 0 aromatic carbocycles. The van der Waals surface area contributed by atoms with Crippen LogP contribution in [0.25, 0.3) is 11.0 Å². The summed E-state index contributed by atoms with van der Waals surface area (Å²) in [6, 6.07) is 7.03. The Bertz CT molecular complexity index is 1150. The van der Waals surface area contributed by atoms with Crippen molar-refractivity contribution in [1.29, 1.82) is 0 Å². The van der Waals surface area contributed by atoms with Gasteiger partial charge in [0, 0.05) is 31.7 Å². The summed E-state index contributed by atoms with van der Waals surface area (Å²) >= 11 is 6.10. The van der Waals surface area contributed by atoms with Gasteiger partial charge < -0.3 is 20.6 Å². The Kier molecular flexibility index (Phi) is 6.36. The summed E-state index contributed by atoms with van der Waals surface area (Å²) in [6.07, 6.45) is 4.24. The number of ketones is 1. The molecule has 1 atom stereocenters. The average molecular weight is 455 g/mol. The van der Waals surface area contributed by atoms with Crippen LogP contribution in [0, 0.1) is 0 Å². The monoisotopic (exact) mass is 454 g/mol. The summed E-state index contributed by atoms with van der Waals surface area (Å²) in [5, 5.41) is 15.1. The van der Waals surface area contributed by atoms with Gasteiger partial charge >= 0.3 is 6.09 Å². The molecular weight excluding hydrogens is 432 g/mol. The molecule has 1 aliphatic rings. The first kappa shape index (κ1) is 21.8. The highest BCUT2D eigenvalue weighted by atomic mass is 35.5. The van der Waals surface area contributed by atoms with Crippen LogP contribution in [0.4, 0.5) is 22.0 Å². The van der Waals surface area contributed by atoms with Gasteiger partial charge in [-0.05, 0) is 37.1 Å². The number of rotatable bonds is 6. The zero-order valence-corrected chi connectivity index (χ0v) is 18.3. The summed E-state index contributed by atoms with van der Waals surface area (Å²) in [7, 11) is 0. The van der Waals surface area contributed by atoms with Gasteiger partial charge in [0.25, 0.3) is 0 Å². The lowest BCUT2D eigenvalue weighted by Gasteiger charge is -2.33. The van der Waals surface area contributed by atoms with E-state index in [1.165, 1.54) is 0 Å². The number of pyridine rings is 3. The number of aromatic nitrogens is 3. The molecule has 10 heteroatoms. The second-order valence-corrected chi connectivity index (χ2v) is 7.98. The molecule has 1 unspecified atom stereocenters. The smallest absolute Gasteiger partial charge is 0.404 e. The van der Waals surface area contributed by atoms with E-state index in [2.05, 4.69) is 30.5 Å². The fraction of sp³-hybridized carbons (Fsp3) is 0.318. The summed E-state index contributed by atoms with van der Waals surface area (Å²) in [5.41, 5.74) is 2.81. The molecule has 3 aromatic heterocycles. The van der Waals surface area contributed by atoms with Gasteiger partial charge in [0.2, 0.25) is 0 Å². The lowest BCUT2D eigenvalue weighted by Crippen LogP contribution is -2.47. The Morgan fingerprint density at radius 3 is 2.78 bits per heavy atom. The zero-order chi connectivity index (χ0) is 22.7. The maximum absolute atomic E-state index is 12.5. The van der Waals surface area contributed by atoms with Crippen molar-refractivity contribution in [2.75, 3.05) is 23.3 Å². The topological polar surface area (TPSA) is 120 Å². The van der Waals surface area contributed by atoms with E-state index in [4.69, 9.17) is 16.7 Å². The summed E-state index contributed by atoms with van der Waals surface area (Å²) in [5.74, 6) is 0.705. The van der Waals surface area contributed by atoms with Gasteiger partial charge in [0.15, 0.2) is 5.78 Å². The minimum atomic E-state index is -1.01. The van der Waals surface area contributed by atoms with Gasteiger partial charge in [0.1, 0.15) is 16.5 Å². The van der Waals surface area contributed by atoms with Gasteiger partial charge in [0.05, 0.1) is 28.7 Å². The molecule has 1 fully saturated rings.